The van der Waals surface area contributed by atoms with E-state index in [2.05, 4.69) is 10.3 Å². The van der Waals surface area contributed by atoms with Crippen LogP contribution in [-0.2, 0) is 17.1 Å². The molecule has 3 rings (SSSR count). The van der Waals surface area contributed by atoms with Gasteiger partial charge in [-0.25, -0.2) is 4.98 Å². The highest BCUT2D eigenvalue weighted by atomic mass is 35.5. The summed E-state index contributed by atoms with van der Waals surface area (Å²) in [6.07, 6.45) is 5.38. The third-order valence-corrected chi connectivity index (χ3v) is 5.46. The Morgan fingerprint density at radius 3 is 2.54 bits per heavy atom. The standard InChI is InChI=1S/C19H17Cl2N3OS/c20-17-6-3-15(9-18(17)21)11-26-12-19(25)23-10-14-1-4-16(5-2-14)24-8-7-22-13-24/h1-9,13H,10-12H2,(H,23,25). The van der Waals surface area contributed by atoms with Crippen molar-refractivity contribution >= 4 is 40.9 Å². The molecule has 1 N–H and O–H groups in total. The lowest BCUT2D eigenvalue weighted by molar-refractivity contribution is -0.118. The van der Waals surface area contributed by atoms with Crippen LogP contribution >= 0.6 is 35.0 Å². The molecule has 0 aliphatic heterocycles. The molecule has 0 saturated heterocycles. The number of amides is 1. The van der Waals surface area contributed by atoms with Gasteiger partial charge in [-0.1, -0.05) is 41.4 Å². The summed E-state index contributed by atoms with van der Waals surface area (Å²) in [5.41, 5.74) is 3.14. The molecule has 0 saturated carbocycles. The number of benzene rings is 2. The summed E-state index contributed by atoms with van der Waals surface area (Å²) in [6.45, 7) is 0.510. The van der Waals surface area contributed by atoms with Gasteiger partial charge < -0.3 is 9.88 Å². The van der Waals surface area contributed by atoms with E-state index in [1.165, 1.54) is 0 Å². The van der Waals surface area contributed by atoms with E-state index in [-0.39, 0.29) is 5.91 Å². The molecule has 134 valence electrons. The fraction of sp³-hybridized carbons (Fsp3) is 0.158. The second-order valence-electron chi connectivity index (χ2n) is 5.65. The van der Waals surface area contributed by atoms with E-state index >= 15 is 0 Å². The Labute approximate surface area is 166 Å². The van der Waals surface area contributed by atoms with Gasteiger partial charge in [0.05, 0.1) is 22.1 Å². The van der Waals surface area contributed by atoms with Gasteiger partial charge in [-0.15, -0.1) is 11.8 Å². The monoisotopic (exact) mass is 405 g/mol. The summed E-state index contributed by atoms with van der Waals surface area (Å²) in [7, 11) is 0. The van der Waals surface area contributed by atoms with Crippen LogP contribution in [0.5, 0.6) is 0 Å². The van der Waals surface area contributed by atoms with Crippen molar-refractivity contribution in [3.63, 3.8) is 0 Å². The Balaban J connectivity index is 1.41. The highest BCUT2D eigenvalue weighted by Gasteiger charge is 2.04. The highest BCUT2D eigenvalue weighted by Crippen LogP contribution is 2.24. The summed E-state index contributed by atoms with van der Waals surface area (Å²) in [4.78, 5) is 16.0. The number of carbonyl (C=O) groups excluding carboxylic acids is 1. The summed E-state index contributed by atoms with van der Waals surface area (Å²) >= 11 is 13.4. The van der Waals surface area contributed by atoms with Crippen molar-refractivity contribution < 1.29 is 4.79 Å². The molecular weight excluding hydrogens is 389 g/mol. The average molecular weight is 406 g/mol. The summed E-state index contributed by atoms with van der Waals surface area (Å²) in [5, 5.41) is 4.01. The first kappa shape index (κ1) is 18.8. The molecule has 1 heterocycles. The maximum atomic E-state index is 12.0. The van der Waals surface area contributed by atoms with Crippen molar-refractivity contribution in [1.82, 2.24) is 14.9 Å². The minimum Gasteiger partial charge on any atom is -0.351 e. The molecule has 0 aliphatic carbocycles. The molecule has 3 aromatic rings. The Morgan fingerprint density at radius 2 is 1.85 bits per heavy atom. The molecule has 2 aromatic carbocycles. The average Bonchev–Trinajstić information content (AvgIpc) is 3.18. The number of hydrogen-bond donors (Lipinski definition) is 1. The third-order valence-electron chi connectivity index (χ3n) is 3.71. The fourth-order valence-corrected chi connectivity index (χ4v) is 3.47. The molecule has 0 aliphatic rings. The van der Waals surface area contributed by atoms with Crippen molar-refractivity contribution in [3.05, 3.63) is 82.4 Å². The van der Waals surface area contributed by atoms with Crippen molar-refractivity contribution in [2.75, 3.05) is 5.75 Å². The van der Waals surface area contributed by atoms with Crippen LogP contribution in [0.2, 0.25) is 10.0 Å². The predicted octanol–water partition coefficient (Wildman–Crippen LogP) is 4.73. The van der Waals surface area contributed by atoms with E-state index < -0.39 is 0 Å². The number of thioether (sulfide) groups is 1. The Bertz CT molecular complexity index is 867. The number of hydrogen-bond acceptors (Lipinski definition) is 3. The van der Waals surface area contributed by atoms with Gasteiger partial charge in [0, 0.05) is 30.4 Å². The van der Waals surface area contributed by atoms with E-state index in [4.69, 9.17) is 23.2 Å². The first-order valence-corrected chi connectivity index (χ1v) is 9.88. The van der Waals surface area contributed by atoms with Crippen LogP contribution in [0.15, 0.2) is 61.2 Å². The predicted molar refractivity (Wildman–Crippen MR) is 108 cm³/mol. The van der Waals surface area contributed by atoms with Crippen molar-refractivity contribution in [2.45, 2.75) is 12.3 Å². The van der Waals surface area contributed by atoms with Crippen LogP contribution in [0.25, 0.3) is 5.69 Å². The maximum Gasteiger partial charge on any atom is 0.230 e. The van der Waals surface area contributed by atoms with Gasteiger partial charge in [0.2, 0.25) is 5.91 Å². The summed E-state index contributed by atoms with van der Waals surface area (Å²) in [6, 6.07) is 13.5. The first-order valence-electron chi connectivity index (χ1n) is 7.97. The lowest BCUT2D eigenvalue weighted by Gasteiger charge is -2.07. The molecule has 1 amide bonds. The zero-order valence-corrected chi connectivity index (χ0v) is 16.2. The Kier molecular flexibility index (Phi) is 6.61. The van der Waals surface area contributed by atoms with Gasteiger partial charge in [-0.05, 0) is 35.4 Å². The third kappa shape index (κ3) is 5.27. The zero-order chi connectivity index (χ0) is 18.4. The number of nitrogens with one attached hydrogen (secondary N) is 1. The summed E-state index contributed by atoms with van der Waals surface area (Å²) < 4.78 is 1.93. The molecule has 26 heavy (non-hydrogen) atoms. The topological polar surface area (TPSA) is 46.9 Å². The number of halogens is 2. The largest absolute Gasteiger partial charge is 0.351 e. The SMILES string of the molecule is O=C(CSCc1ccc(Cl)c(Cl)c1)NCc1ccc(-n2ccnc2)cc1. The van der Waals surface area contributed by atoms with Gasteiger partial charge in [-0.2, -0.15) is 0 Å². The van der Waals surface area contributed by atoms with Gasteiger partial charge in [-0.3, -0.25) is 4.79 Å². The molecule has 0 radical (unpaired) electrons. The molecule has 0 atom stereocenters. The molecule has 0 bridgehead atoms. The van der Waals surface area contributed by atoms with Crippen LogP contribution in [0.4, 0.5) is 0 Å². The van der Waals surface area contributed by atoms with Gasteiger partial charge in [0.1, 0.15) is 0 Å². The van der Waals surface area contributed by atoms with Gasteiger partial charge in [0.25, 0.3) is 0 Å². The minimum atomic E-state index is 0.00810. The normalized spacial score (nSPS) is 10.7. The molecule has 4 nitrogen and oxygen atoms in total. The first-order chi connectivity index (χ1) is 12.6. The Hall–Kier alpha value is -1.95. The minimum absolute atomic E-state index is 0.00810. The van der Waals surface area contributed by atoms with Crippen molar-refractivity contribution in [1.29, 1.82) is 0 Å². The zero-order valence-electron chi connectivity index (χ0n) is 13.9. The number of nitrogens with zero attached hydrogens (tertiary/aromatic N) is 2. The molecule has 0 unspecified atom stereocenters. The smallest absolute Gasteiger partial charge is 0.230 e. The van der Waals surface area contributed by atoms with E-state index in [0.29, 0.717) is 28.1 Å². The lowest BCUT2D eigenvalue weighted by Crippen LogP contribution is -2.24. The lowest BCUT2D eigenvalue weighted by atomic mass is 10.2. The molecular formula is C19H17Cl2N3OS. The summed E-state index contributed by atoms with van der Waals surface area (Å²) in [5.74, 6) is 1.12. The van der Waals surface area contributed by atoms with Crippen molar-refractivity contribution in [2.24, 2.45) is 0 Å². The number of rotatable bonds is 7. The quantitative estimate of drug-likeness (QED) is 0.617. The van der Waals surface area contributed by atoms with Gasteiger partial charge in [0.15, 0.2) is 0 Å². The second kappa shape index (κ2) is 9.12. The second-order valence-corrected chi connectivity index (χ2v) is 7.45. The fourth-order valence-electron chi connectivity index (χ4n) is 2.34. The van der Waals surface area contributed by atoms with Gasteiger partial charge >= 0.3 is 0 Å². The number of carbonyl (C=O) groups is 1. The van der Waals surface area contributed by atoms with E-state index in [9.17, 15) is 4.79 Å². The van der Waals surface area contributed by atoms with E-state index in [1.54, 1.807) is 30.4 Å². The number of aromatic nitrogens is 2. The number of imidazole rings is 1. The van der Waals surface area contributed by atoms with Crippen LogP contribution < -0.4 is 5.32 Å². The van der Waals surface area contributed by atoms with Crippen LogP contribution in [-0.4, -0.2) is 21.2 Å². The van der Waals surface area contributed by atoms with Crippen LogP contribution in [0.1, 0.15) is 11.1 Å². The highest BCUT2D eigenvalue weighted by molar-refractivity contribution is 7.99. The van der Waals surface area contributed by atoms with Crippen LogP contribution in [0.3, 0.4) is 0 Å². The molecule has 0 spiro atoms. The molecule has 0 fully saturated rings. The maximum absolute atomic E-state index is 12.0. The van der Waals surface area contributed by atoms with Crippen LogP contribution in [0, 0.1) is 0 Å². The van der Waals surface area contributed by atoms with E-state index in [1.807, 2.05) is 47.2 Å². The Morgan fingerprint density at radius 1 is 1.08 bits per heavy atom. The molecule has 1 aromatic heterocycles. The van der Waals surface area contributed by atoms with E-state index in [0.717, 1.165) is 16.8 Å². The molecule has 7 heteroatoms. The van der Waals surface area contributed by atoms with Crippen molar-refractivity contribution in [3.8, 4) is 5.69 Å².